The van der Waals surface area contributed by atoms with Gasteiger partial charge >= 0.3 is 0 Å². The standard InChI is InChI=1S/C13H18N2.C13H17NS.2C12H17N3.2C12H16N2S.18C2H6/c1-9(2)11-5-6-15-12(7-11)8-13(14-15)10(3)4;1-8(2)10-5-6-11-12(7-10)15-13(14-11)9(3)4;1-8(2)11-5-10-6-12(9(3)4)14-15(10)7-13-11;1-8(2)10-5-6-15-12(13-10)7-11(14-15)9(3)4;1-7(2)9-5-11-10(6-13-9)14-12(15-11)8(3)4;1-7(2)9-5-6-10-12(13-9)15-11(14-10)8(3)4;18*1-2/h5-10H,1-4H3;3*5-9H,1-4H3;2*5-8H,1-4H3;18*1-2H3. The Morgan fingerprint density at radius 1 is 0.222 bits per heavy atom. The van der Waals surface area contributed by atoms with Gasteiger partial charge in [-0.2, -0.15) is 15.3 Å². The normalized spacial score (nSPS) is 9.33. The second kappa shape index (κ2) is 94.2. The van der Waals surface area contributed by atoms with E-state index in [1.54, 1.807) is 29.0 Å². The second-order valence-corrected chi connectivity index (χ2v) is 30.4. The molecule has 0 amide bonds. The number of aromatic nitrogens is 13. The Bertz CT molecular complexity index is 3490. The lowest BCUT2D eigenvalue weighted by atomic mass is 10.0. The van der Waals surface area contributed by atoms with Crippen molar-refractivity contribution >= 4 is 81.5 Å². The van der Waals surface area contributed by atoms with Crippen molar-refractivity contribution in [2.75, 3.05) is 0 Å². The van der Waals surface area contributed by atoms with Gasteiger partial charge in [-0.05, 0) is 131 Å². The van der Waals surface area contributed by atoms with Crippen molar-refractivity contribution < 1.29 is 0 Å². The highest BCUT2D eigenvalue weighted by Crippen LogP contribution is 2.32. The fraction of sp³-hybridized carbons (Fsp3) is 0.655. The molecule has 0 spiro atoms. The Morgan fingerprint density at radius 2 is 0.532 bits per heavy atom. The summed E-state index contributed by atoms with van der Waals surface area (Å²) in [4.78, 5) is 32.9. The summed E-state index contributed by atoms with van der Waals surface area (Å²) in [6.07, 6.45) is 7.74. The van der Waals surface area contributed by atoms with Crippen LogP contribution in [0.1, 0.15) is 552 Å². The molecule has 0 fully saturated rings. The van der Waals surface area contributed by atoms with Crippen molar-refractivity contribution in [3.8, 4) is 0 Å². The lowest BCUT2D eigenvalue weighted by Gasteiger charge is -2.04. The minimum Gasteiger partial charge on any atom is -0.259 e. The van der Waals surface area contributed by atoms with Crippen LogP contribution in [0.2, 0.25) is 0 Å². The number of pyridine rings is 3. The number of rotatable bonds is 12. The molecule has 16 heteroatoms. The smallest absolute Gasteiger partial charge is 0.155 e. The van der Waals surface area contributed by atoms with Gasteiger partial charge in [0.05, 0.1) is 69.8 Å². The van der Waals surface area contributed by atoms with Crippen molar-refractivity contribution in [1.82, 2.24) is 63.7 Å². The molecule has 11 aromatic heterocycles. The van der Waals surface area contributed by atoms with Gasteiger partial charge in [0, 0.05) is 59.0 Å². The molecule has 126 heavy (non-hydrogen) atoms. The van der Waals surface area contributed by atoms with E-state index >= 15 is 0 Å². The van der Waals surface area contributed by atoms with Crippen LogP contribution in [0.5, 0.6) is 0 Å². The first-order chi connectivity index (χ1) is 60.5. The molecule has 0 atom stereocenters. The van der Waals surface area contributed by atoms with Gasteiger partial charge < -0.3 is 0 Å². The van der Waals surface area contributed by atoms with Crippen molar-refractivity contribution in [2.45, 2.75) is 486 Å². The minimum absolute atomic E-state index is 0.453. The van der Waals surface area contributed by atoms with Crippen LogP contribution in [0.4, 0.5) is 0 Å². The Kier molecular flexibility index (Phi) is 108. The number of fused-ring (bicyclic) bond motifs is 6. The summed E-state index contributed by atoms with van der Waals surface area (Å²) >= 11 is 5.33. The van der Waals surface area contributed by atoms with Gasteiger partial charge in [0.2, 0.25) is 0 Å². The molecule has 0 aliphatic rings. The fourth-order valence-electron chi connectivity index (χ4n) is 9.14. The van der Waals surface area contributed by atoms with Gasteiger partial charge in [-0.15, -0.1) is 22.7 Å². The van der Waals surface area contributed by atoms with E-state index in [4.69, 9.17) is 0 Å². The average Bonchev–Trinajstić information content (AvgIpc) is 1.72. The van der Waals surface area contributed by atoms with E-state index in [1.807, 2.05) is 293 Å². The summed E-state index contributed by atoms with van der Waals surface area (Å²) in [6.45, 7) is 124. The molecule has 0 aliphatic heterocycles. The SMILES string of the molecule is CC.CC.CC.CC.CC.CC.CC.CC.CC.CC.CC.CC.CC.CC.CC.CC.CC.CC.CC(C)c1cc2cc(C(C)C)nn2cn1.CC(C)c1cc2sc(C(C)C)nc2cn1.CC(C)c1ccc2nc(C(C)C)sc2c1.CC(C)c1ccc2nc(C(C)C)sc2n1.CC(C)c1ccn2nc(C(C)C)cc2c1.CC(C)c1ccn2nc(C(C)C)cc2n1. The van der Waals surface area contributed by atoms with E-state index in [1.165, 1.54) is 41.1 Å². The van der Waals surface area contributed by atoms with Gasteiger partial charge in [0.25, 0.3) is 0 Å². The first kappa shape index (κ1) is 145. The maximum Gasteiger partial charge on any atom is 0.155 e. The van der Waals surface area contributed by atoms with E-state index in [0.29, 0.717) is 71.0 Å². The summed E-state index contributed by atoms with van der Waals surface area (Å²) in [5.41, 5.74) is 17.2. The highest BCUT2D eigenvalue weighted by atomic mass is 32.1. The predicted molar refractivity (Wildman–Crippen MR) is 589 cm³/mol. The van der Waals surface area contributed by atoms with Crippen LogP contribution >= 0.6 is 34.0 Å². The Balaban J connectivity index is -0.000000115. The number of thiazole rings is 3. The summed E-state index contributed by atoms with van der Waals surface area (Å²) in [7, 11) is 0. The summed E-state index contributed by atoms with van der Waals surface area (Å²) in [5.74, 6) is 6.01. The van der Waals surface area contributed by atoms with E-state index < -0.39 is 0 Å². The molecule has 0 bridgehead atoms. The zero-order valence-electron chi connectivity index (χ0n) is 94.3. The van der Waals surface area contributed by atoms with Gasteiger partial charge in [0.15, 0.2) is 5.65 Å². The van der Waals surface area contributed by atoms with Crippen molar-refractivity contribution in [3.63, 3.8) is 0 Å². The largest absolute Gasteiger partial charge is 0.259 e. The van der Waals surface area contributed by atoms with E-state index in [0.717, 1.165) is 72.4 Å². The lowest BCUT2D eigenvalue weighted by molar-refractivity contribution is 0.765. The Hall–Kier alpha value is -6.88. The van der Waals surface area contributed by atoms with E-state index in [9.17, 15) is 0 Å². The highest BCUT2D eigenvalue weighted by molar-refractivity contribution is 7.19. The van der Waals surface area contributed by atoms with Gasteiger partial charge in [-0.3, -0.25) is 4.98 Å². The number of hydrogen-bond donors (Lipinski definition) is 0. The van der Waals surface area contributed by atoms with Crippen molar-refractivity contribution in [2.24, 2.45) is 0 Å². The van der Waals surface area contributed by atoms with Crippen LogP contribution in [-0.2, 0) is 0 Å². The van der Waals surface area contributed by atoms with Crippen LogP contribution in [0.25, 0.3) is 47.5 Å². The van der Waals surface area contributed by atoms with Gasteiger partial charge in [0.1, 0.15) is 16.7 Å². The third-order valence-electron chi connectivity index (χ3n) is 15.3. The summed E-state index contributed by atoms with van der Waals surface area (Å²) in [6, 6.07) is 27.9. The topological polar surface area (TPSA) is 142 Å². The van der Waals surface area contributed by atoms with Crippen LogP contribution in [0.15, 0.2) is 104 Å². The molecular formula is C110H209N13S3. The highest BCUT2D eigenvalue weighted by Gasteiger charge is 2.15. The first-order valence-corrected chi connectivity index (χ1v) is 53.1. The monoisotopic (exact) mass is 1810 g/mol. The van der Waals surface area contributed by atoms with Gasteiger partial charge in [-0.25, -0.2) is 43.5 Å². The molecule has 0 radical (unpaired) electrons. The van der Waals surface area contributed by atoms with Crippen LogP contribution in [-0.4, -0.2) is 63.7 Å². The fourth-order valence-corrected chi connectivity index (χ4v) is 12.1. The molecule has 0 aliphatic carbocycles. The van der Waals surface area contributed by atoms with Crippen molar-refractivity contribution in [1.29, 1.82) is 0 Å². The van der Waals surface area contributed by atoms with E-state index in [2.05, 4.69) is 295 Å². The van der Waals surface area contributed by atoms with E-state index in [-0.39, 0.29) is 0 Å². The maximum atomic E-state index is 4.63. The lowest BCUT2D eigenvalue weighted by Crippen LogP contribution is -1.96. The third-order valence-corrected chi connectivity index (χ3v) is 19.2. The number of benzene rings is 1. The molecule has 0 unspecified atom stereocenters. The molecule has 0 saturated heterocycles. The Morgan fingerprint density at radius 3 is 0.929 bits per heavy atom. The average molecular weight is 1810 g/mol. The third kappa shape index (κ3) is 56.5. The molecule has 12 rings (SSSR count). The zero-order chi connectivity index (χ0) is 102. The molecule has 12 aromatic rings. The minimum atomic E-state index is 0.453. The first-order valence-electron chi connectivity index (χ1n) is 50.6. The zero-order valence-corrected chi connectivity index (χ0v) is 96.7. The molecule has 0 saturated carbocycles. The Labute approximate surface area is 796 Å². The number of hydrogen-bond acceptors (Lipinski definition) is 13. The molecule has 13 nitrogen and oxygen atoms in total. The van der Waals surface area contributed by atoms with Crippen LogP contribution < -0.4 is 0 Å². The molecular weight excluding hydrogens is 1600 g/mol. The molecule has 732 valence electrons. The molecule has 11 heterocycles. The molecule has 0 N–H and O–H groups in total. The number of nitrogens with zero attached hydrogens (tertiary/aromatic N) is 13. The summed E-state index contributed by atoms with van der Waals surface area (Å²) in [5, 5.41) is 17.1. The predicted octanol–water partition coefficient (Wildman–Crippen LogP) is 40.4. The van der Waals surface area contributed by atoms with Crippen LogP contribution in [0, 0.1) is 0 Å². The second-order valence-electron chi connectivity index (χ2n) is 27.3. The molecule has 1 aromatic carbocycles. The quantitative estimate of drug-likeness (QED) is 0.116. The summed E-state index contributed by atoms with van der Waals surface area (Å²) < 4.78 is 8.24. The van der Waals surface area contributed by atoms with Gasteiger partial charge in [-0.1, -0.05) is 433 Å². The van der Waals surface area contributed by atoms with Crippen LogP contribution in [0.3, 0.4) is 0 Å². The van der Waals surface area contributed by atoms with Crippen molar-refractivity contribution in [3.05, 3.63) is 170 Å². The maximum absolute atomic E-state index is 4.63.